The van der Waals surface area contributed by atoms with Crippen LogP contribution in [0.15, 0.2) is 60.9 Å². The van der Waals surface area contributed by atoms with Crippen LogP contribution in [0.25, 0.3) is 11.4 Å². The van der Waals surface area contributed by atoms with Crippen molar-refractivity contribution >= 4 is 11.5 Å². The van der Waals surface area contributed by atoms with Crippen molar-refractivity contribution < 1.29 is 21.1 Å². The van der Waals surface area contributed by atoms with Crippen LogP contribution in [0.2, 0.25) is 0 Å². The number of nitrogens with zero attached hydrogens (tertiary/aromatic N) is 7. The summed E-state index contributed by atoms with van der Waals surface area (Å²) in [6, 6.07) is 23.9. The fraction of sp³-hybridized carbons (Fsp3) is 0.269. The van der Waals surface area contributed by atoms with Crippen LogP contribution in [0.5, 0.6) is 0 Å². The molecule has 2 heterocycles. The Morgan fingerprint density at radius 3 is 2.12 bits per heavy atom. The number of benzene rings is 2. The molecule has 0 saturated carbocycles. The van der Waals surface area contributed by atoms with E-state index in [0.29, 0.717) is 12.1 Å². The summed E-state index contributed by atoms with van der Waals surface area (Å²) in [4.78, 5) is 4.28. The molecule has 0 bridgehead atoms. The molecule has 0 amide bonds. The third kappa shape index (κ3) is 5.58. The molecule has 4 aromatic rings. The molecule has 0 spiro atoms. The van der Waals surface area contributed by atoms with Crippen molar-refractivity contribution in [2.45, 2.75) is 32.9 Å². The van der Waals surface area contributed by atoms with Crippen molar-refractivity contribution in [1.29, 1.82) is 5.26 Å². The van der Waals surface area contributed by atoms with E-state index >= 15 is 0 Å². The molecule has 0 radical (unpaired) electrons. The van der Waals surface area contributed by atoms with E-state index in [2.05, 4.69) is 49.9 Å². The summed E-state index contributed by atoms with van der Waals surface area (Å²) in [5.41, 5.74) is 4.11. The van der Waals surface area contributed by atoms with Gasteiger partial charge in [0.2, 0.25) is 0 Å². The van der Waals surface area contributed by atoms with E-state index in [1.165, 1.54) is 0 Å². The maximum atomic E-state index is 8.99. The largest absolute Gasteiger partial charge is 2.00 e. The van der Waals surface area contributed by atoms with E-state index in [0.717, 1.165) is 28.6 Å². The Morgan fingerprint density at radius 2 is 1.56 bits per heavy atom. The summed E-state index contributed by atoms with van der Waals surface area (Å²) in [6.07, 6.45) is 3.87. The Morgan fingerprint density at radius 1 is 0.912 bits per heavy atom. The molecule has 0 aliphatic carbocycles. The second-order valence-electron chi connectivity index (χ2n) is 9.03. The monoisotopic (exact) mass is 632 g/mol. The molecule has 2 aromatic carbocycles. The minimum atomic E-state index is -0.165. The van der Waals surface area contributed by atoms with E-state index in [-0.39, 0.29) is 26.6 Å². The minimum absolute atomic E-state index is 0. The molecule has 34 heavy (non-hydrogen) atoms. The fourth-order valence-corrected chi connectivity index (χ4v) is 3.45. The van der Waals surface area contributed by atoms with Crippen LogP contribution in [-0.4, -0.2) is 39.2 Å². The molecule has 2 aromatic heterocycles. The molecule has 0 atom stereocenters. The fourth-order valence-electron chi connectivity index (χ4n) is 3.45. The number of hydrogen-bond donors (Lipinski definition) is 0. The van der Waals surface area contributed by atoms with Gasteiger partial charge in [0.05, 0.1) is 12.2 Å². The Labute approximate surface area is 215 Å². The molecule has 0 fully saturated rings. The van der Waals surface area contributed by atoms with Gasteiger partial charge in [-0.3, -0.25) is 9.36 Å². The number of hydrogen-bond acceptors (Lipinski definition) is 5. The summed E-state index contributed by atoms with van der Waals surface area (Å²) < 4.78 is 3.62. The first-order valence-corrected chi connectivity index (χ1v) is 10.7. The quantitative estimate of drug-likeness (QED) is 0.295. The Bertz CT molecular complexity index is 1260. The van der Waals surface area contributed by atoms with E-state index in [1.54, 1.807) is 16.8 Å². The van der Waals surface area contributed by atoms with Crippen molar-refractivity contribution in [2.75, 3.05) is 23.9 Å². The molecule has 0 saturated heterocycles. The smallest absolute Gasteiger partial charge is 0.429 e. The topological polar surface area (TPSA) is 65.9 Å². The second kappa shape index (κ2) is 10.3. The first-order chi connectivity index (χ1) is 15.7. The summed E-state index contributed by atoms with van der Waals surface area (Å²) >= 11 is 0. The number of nitriles is 1. The van der Waals surface area contributed by atoms with Crippen LogP contribution in [0.3, 0.4) is 0 Å². The van der Waals surface area contributed by atoms with Crippen molar-refractivity contribution in [2.24, 2.45) is 0 Å². The molecule has 0 unspecified atom stereocenters. The molecule has 4 rings (SSSR count). The third-order valence-corrected chi connectivity index (χ3v) is 5.34. The normalized spacial score (nSPS) is 10.9. The van der Waals surface area contributed by atoms with E-state index in [4.69, 9.17) is 15.5 Å². The standard InChI is InChI=1S/C26H27N7.Pt/c1-26(2,3)31(19-21-14-16-32(28-21)23-8-6-20(18-27)7-9-23)25-15-17-33(29-25)24-12-10-22(11-13-24)30(4)5;/h6-8,10-12,14-17H,19H2,1-5H3;/q-2;+2. The Kier molecular flexibility index (Phi) is 7.64. The molecule has 0 N–H and O–H groups in total. The van der Waals surface area contributed by atoms with Gasteiger partial charge in [-0.25, -0.2) is 5.26 Å². The summed E-state index contributed by atoms with van der Waals surface area (Å²) in [7, 11) is 4.02. The summed E-state index contributed by atoms with van der Waals surface area (Å²) in [6.45, 7) is 7.09. The third-order valence-electron chi connectivity index (χ3n) is 5.34. The van der Waals surface area contributed by atoms with Crippen LogP contribution in [-0.2, 0) is 27.6 Å². The molecule has 8 heteroatoms. The number of anilines is 2. The molecule has 176 valence electrons. The van der Waals surface area contributed by atoms with Gasteiger partial charge in [-0.1, -0.05) is 11.3 Å². The van der Waals surface area contributed by atoms with Crippen molar-refractivity contribution in [3.05, 3.63) is 84.3 Å². The van der Waals surface area contributed by atoms with Gasteiger partial charge < -0.3 is 9.80 Å². The average molecular weight is 633 g/mol. The Balaban J connectivity index is 0.00000324. The first-order valence-electron chi connectivity index (χ1n) is 10.7. The van der Waals surface area contributed by atoms with Crippen molar-refractivity contribution in [3.63, 3.8) is 0 Å². The van der Waals surface area contributed by atoms with Gasteiger partial charge in [0, 0.05) is 30.1 Å². The van der Waals surface area contributed by atoms with Crippen molar-refractivity contribution in [1.82, 2.24) is 19.6 Å². The van der Waals surface area contributed by atoms with Crippen LogP contribution in [0.1, 0.15) is 32.0 Å². The molecule has 7 nitrogen and oxygen atoms in total. The maximum Gasteiger partial charge on any atom is 2.00 e. The zero-order valence-electron chi connectivity index (χ0n) is 19.9. The zero-order chi connectivity index (χ0) is 23.6. The van der Waals surface area contributed by atoms with Gasteiger partial charge in [-0.05, 0) is 52.3 Å². The zero-order valence-corrected chi connectivity index (χ0v) is 22.2. The second-order valence-corrected chi connectivity index (χ2v) is 9.03. The summed E-state index contributed by atoms with van der Waals surface area (Å²) in [5.74, 6) is 0.868. The molecular formula is C26H27N7Pt. The maximum absolute atomic E-state index is 8.99. The SMILES string of the molecule is CN(C)c1c[c-]c(-n2ccc(N(Cc3ccn(-c4[c-]cc(C#N)cc4)n3)C(C)(C)C)n2)cc1.[Pt+2]. The van der Waals surface area contributed by atoms with Gasteiger partial charge in [0.25, 0.3) is 0 Å². The van der Waals surface area contributed by atoms with Gasteiger partial charge in [-0.2, -0.15) is 40.5 Å². The first kappa shape index (κ1) is 25.3. The van der Waals surface area contributed by atoms with Gasteiger partial charge in [0.15, 0.2) is 5.82 Å². The average Bonchev–Trinajstić information content (AvgIpc) is 3.47. The van der Waals surface area contributed by atoms with Crippen molar-refractivity contribution in [3.8, 4) is 17.4 Å². The van der Waals surface area contributed by atoms with Crippen LogP contribution in [0.4, 0.5) is 11.5 Å². The predicted octanol–water partition coefficient (Wildman–Crippen LogP) is 4.40. The van der Waals surface area contributed by atoms with Gasteiger partial charge in [0.1, 0.15) is 0 Å². The molecule has 0 aliphatic rings. The Hall–Kier alpha value is -3.36. The van der Waals surface area contributed by atoms with E-state index in [9.17, 15) is 0 Å². The van der Waals surface area contributed by atoms with Crippen LogP contribution < -0.4 is 9.80 Å². The van der Waals surface area contributed by atoms with Gasteiger partial charge >= 0.3 is 21.1 Å². The predicted molar refractivity (Wildman–Crippen MR) is 130 cm³/mol. The molecular weight excluding hydrogens is 605 g/mol. The molecule has 0 aliphatic heterocycles. The van der Waals surface area contributed by atoms with Crippen LogP contribution in [0, 0.1) is 23.5 Å². The number of rotatable bonds is 6. The van der Waals surface area contributed by atoms with E-state index < -0.39 is 0 Å². The van der Waals surface area contributed by atoms with E-state index in [1.807, 2.05) is 66.4 Å². The summed E-state index contributed by atoms with van der Waals surface area (Å²) in [5, 5.41) is 18.5. The van der Waals surface area contributed by atoms with Gasteiger partial charge in [-0.15, -0.1) is 18.2 Å². The van der Waals surface area contributed by atoms with Crippen LogP contribution >= 0.6 is 0 Å². The number of aromatic nitrogens is 4. The minimum Gasteiger partial charge on any atom is -0.429 e.